The Labute approximate surface area is 120 Å². The Hall–Kier alpha value is -0.490. The Kier molecular flexibility index (Phi) is 7.15. The van der Waals surface area contributed by atoms with Gasteiger partial charge in [0, 0.05) is 16.7 Å². The highest BCUT2D eigenvalue weighted by Gasteiger charge is 2.26. The number of ether oxygens (including phenoxy) is 1. The number of halogens is 1. The van der Waals surface area contributed by atoms with Crippen molar-refractivity contribution in [3.63, 3.8) is 0 Å². The Morgan fingerprint density at radius 2 is 1.89 bits per heavy atom. The molecule has 0 aliphatic carbocycles. The molecule has 0 aromatic carbocycles. The van der Waals surface area contributed by atoms with Gasteiger partial charge in [0.1, 0.15) is 5.60 Å². The van der Waals surface area contributed by atoms with E-state index in [1.807, 2.05) is 13.8 Å². The van der Waals surface area contributed by atoms with Crippen molar-refractivity contribution < 1.29 is 17.9 Å². The molecule has 0 aliphatic rings. The maximum atomic E-state index is 11.7. The summed E-state index contributed by atoms with van der Waals surface area (Å²) < 4.78 is 27.5. The molecule has 19 heavy (non-hydrogen) atoms. The SMILES string of the molecule is CCCC(C)C(CS(=O)(=O)Cl)NC(=O)OC(C)(C)C. The maximum Gasteiger partial charge on any atom is 0.407 e. The molecule has 0 bridgehead atoms. The van der Waals surface area contributed by atoms with E-state index < -0.39 is 26.8 Å². The topological polar surface area (TPSA) is 72.5 Å². The lowest BCUT2D eigenvalue weighted by Gasteiger charge is -2.26. The first-order chi connectivity index (χ1) is 8.44. The van der Waals surface area contributed by atoms with Gasteiger partial charge in [-0.25, -0.2) is 13.2 Å². The molecule has 0 saturated carbocycles. The number of carbonyl (C=O) groups is 1. The van der Waals surface area contributed by atoms with E-state index in [2.05, 4.69) is 5.32 Å². The van der Waals surface area contributed by atoms with Crippen LogP contribution < -0.4 is 5.32 Å². The van der Waals surface area contributed by atoms with E-state index in [1.165, 1.54) is 0 Å². The molecule has 0 aromatic heterocycles. The first-order valence-corrected chi connectivity index (χ1v) is 8.84. The smallest absolute Gasteiger partial charge is 0.407 e. The van der Waals surface area contributed by atoms with Gasteiger partial charge < -0.3 is 10.1 Å². The van der Waals surface area contributed by atoms with Gasteiger partial charge in [0.15, 0.2) is 0 Å². The van der Waals surface area contributed by atoms with Crippen molar-refractivity contribution in [2.24, 2.45) is 5.92 Å². The lowest BCUT2D eigenvalue weighted by Crippen LogP contribution is -2.45. The van der Waals surface area contributed by atoms with E-state index in [0.717, 1.165) is 12.8 Å². The number of hydrogen-bond donors (Lipinski definition) is 1. The highest BCUT2D eigenvalue weighted by Crippen LogP contribution is 2.15. The lowest BCUT2D eigenvalue weighted by atomic mass is 9.98. The average molecular weight is 314 g/mol. The van der Waals surface area contributed by atoms with Gasteiger partial charge in [-0.1, -0.05) is 20.3 Å². The summed E-state index contributed by atoms with van der Waals surface area (Å²) in [4.78, 5) is 11.7. The summed E-state index contributed by atoms with van der Waals surface area (Å²) in [6.45, 7) is 9.11. The number of hydrogen-bond acceptors (Lipinski definition) is 4. The standard InChI is InChI=1S/C12H24ClNO4S/c1-6-7-9(2)10(8-19(13,16)17)14-11(15)18-12(3,4)5/h9-10H,6-8H2,1-5H3,(H,14,15). The molecular weight excluding hydrogens is 290 g/mol. The van der Waals surface area contributed by atoms with Crippen LogP contribution in [0.2, 0.25) is 0 Å². The Morgan fingerprint density at radius 1 is 1.37 bits per heavy atom. The maximum absolute atomic E-state index is 11.7. The second-order valence-corrected chi connectivity index (χ2v) is 8.55. The lowest BCUT2D eigenvalue weighted by molar-refractivity contribution is 0.0494. The molecule has 1 amide bonds. The minimum absolute atomic E-state index is 0.00560. The Balaban J connectivity index is 4.71. The number of carbonyl (C=O) groups excluding carboxylic acids is 1. The third-order valence-corrected chi connectivity index (χ3v) is 3.65. The zero-order valence-electron chi connectivity index (χ0n) is 12.2. The number of amides is 1. The molecule has 0 aromatic rings. The molecule has 0 spiro atoms. The van der Waals surface area contributed by atoms with Crippen LogP contribution in [-0.4, -0.2) is 31.9 Å². The van der Waals surface area contributed by atoms with Crippen molar-refractivity contribution in [2.75, 3.05) is 5.75 Å². The summed E-state index contributed by atoms with van der Waals surface area (Å²) in [6, 6.07) is -0.544. The van der Waals surface area contributed by atoms with E-state index in [1.54, 1.807) is 20.8 Å². The first kappa shape index (κ1) is 18.5. The van der Waals surface area contributed by atoms with Crippen LogP contribution in [0.1, 0.15) is 47.5 Å². The second kappa shape index (κ2) is 7.33. The van der Waals surface area contributed by atoms with E-state index >= 15 is 0 Å². The van der Waals surface area contributed by atoms with Crippen LogP contribution in [-0.2, 0) is 13.8 Å². The monoisotopic (exact) mass is 313 g/mol. The van der Waals surface area contributed by atoms with Gasteiger partial charge in [-0.15, -0.1) is 0 Å². The number of nitrogens with one attached hydrogen (secondary N) is 1. The molecule has 0 fully saturated rings. The third-order valence-electron chi connectivity index (χ3n) is 2.51. The minimum Gasteiger partial charge on any atom is -0.444 e. The van der Waals surface area contributed by atoms with E-state index in [-0.39, 0.29) is 11.7 Å². The van der Waals surface area contributed by atoms with Gasteiger partial charge in [0.05, 0.1) is 5.75 Å². The van der Waals surface area contributed by atoms with Crippen molar-refractivity contribution >= 4 is 25.8 Å². The average Bonchev–Trinajstić information content (AvgIpc) is 2.11. The number of alkyl carbamates (subject to hydrolysis) is 1. The minimum atomic E-state index is -3.67. The predicted molar refractivity (Wildman–Crippen MR) is 76.9 cm³/mol. The zero-order valence-corrected chi connectivity index (χ0v) is 13.8. The zero-order chi connectivity index (χ0) is 15.3. The van der Waals surface area contributed by atoms with Crippen LogP contribution in [0.4, 0.5) is 4.79 Å². The third kappa shape index (κ3) is 10.0. The van der Waals surface area contributed by atoms with Crippen LogP contribution >= 0.6 is 10.7 Å². The summed E-state index contributed by atoms with van der Waals surface area (Å²) in [5.41, 5.74) is -0.623. The molecule has 0 rings (SSSR count). The molecular formula is C12H24ClNO4S. The highest BCUT2D eigenvalue weighted by molar-refractivity contribution is 8.13. The van der Waals surface area contributed by atoms with Gasteiger partial charge >= 0.3 is 6.09 Å². The van der Waals surface area contributed by atoms with E-state index in [0.29, 0.717) is 0 Å². The summed E-state index contributed by atoms with van der Waals surface area (Å²) in [5.74, 6) is -0.291. The molecule has 114 valence electrons. The van der Waals surface area contributed by atoms with Gasteiger partial charge in [0.2, 0.25) is 9.05 Å². The van der Waals surface area contributed by atoms with Crippen LogP contribution in [0.3, 0.4) is 0 Å². The fraction of sp³-hybridized carbons (Fsp3) is 0.917. The second-order valence-electron chi connectivity index (χ2n) is 5.72. The summed E-state index contributed by atoms with van der Waals surface area (Å²) in [7, 11) is 1.59. The van der Waals surface area contributed by atoms with Crippen LogP contribution in [0, 0.1) is 5.92 Å². The molecule has 0 radical (unpaired) electrons. The van der Waals surface area contributed by atoms with Crippen molar-refractivity contribution in [1.29, 1.82) is 0 Å². The molecule has 5 nitrogen and oxygen atoms in total. The summed E-state index contributed by atoms with van der Waals surface area (Å²) >= 11 is 0. The summed E-state index contributed by atoms with van der Waals surface area (Å²) in [6.07, 6.45) is 1.07. The molecule has 2 unspecified atom stereocenters. The molecule has 2 atom stereocenters. The Morgan fingerprint density at radius 3 is 2.26 bits per heavy atom. The van der Waals surface area contributed by atoms with Crippen molar-refractivity contribution in [3.8, 4) is 0 Å². The van der Waals surface area contributed by atoms with Gasteiger partial charge in [0.25, 0.3) is 0 Å². The normalized spacial score (nSPS) is 15.7. The quantitative estimate of drug-likeness (QED) is 0.765. The van der Waals surface area contributed by atoms with E-state index in [9.17, 15) is 13.2 Å². The summed E-state index contributed by atoms with van der Waals surface area (Å²) in [5, 5.41) is 2.59. The van der Waals surface area contributed by atoms with E-state index in [4.69, 9.17) is 15.4 Å². The highest BCUT2D eigenvalue weighted by atomic mass is 35.7. The van der Waals surface area contributed by atoms with Gasteiger partial charge in [-0.2, -0.15) is 0 Å². The van der Waals surface area contributed by atoms with Gasteiger partial charge in [-0.3, -0.25) is 0 Å². The fourth-order valence-electron chi connectivity index (χ4n) is 1.68. The van der Waals surface area contributed by atoms with Crippen molar-refractivity contribution in [3.05, 3.63) is 0 Å². The van der Waals surface area contributed by atoms with Crippen molar-refractivity contribution in [1.82, 2.24) is 5.32 Å². The fourth-order valence-corrected chi connectivity index (χ4v) is 2.93. The Bertz CT molecular complexity index is 389. The predicted octanol–water partition coefficient (Wildman–Crippen LogP) is 2.88. The van der Waals surface area contributed by atoms with Crippen LogP contribution in [0.5, 0.6) is 0 Å². The largest absolute Gasteiger partial charge is 0.444 e. The number of rotatable bonds is 6. The molecule has 0 saturated heterocycles. The van der Waals surface area contributed by atoms with Crippen LogP contribution in [0.25, 0.3) is 0 Å². The molecule has 7 heteroatoms. The molecule has 0 aliphatic heterocycles. The van der Waals surface area contributed by atoms with Crippen LogP contribution in [0.15, 0.2) is 0 Å². The first-order valence-electron chi connectivity index (χ1n) is 6.36. The molecule has 1 N–H and O–H groups in total. The van der Waals surface area contributed by atoms with Gasteiger partial charge in [-0.05, 0) is 33.1 Å². The van der Waals surface area contributed by atoms with Crippen molar-refractivity contribution in [2.45, 2.75) is 59.1 Å². The molecule has 0 heterocycles.